The highest BCUT2D eigenvalue weighted by atomic mass is 79.9. The Kier molecular flexibility index (Phi) is 3.48. The van der Waals surface area contributed by atoms with Crippen molar-refractivity contribution in [3.8, 4) is 0 Å². The van der Waals surface area contributed by atoms with Gasteiger partial charge in [-0.25, -0.2) is 4.79 Å². The molecule has 94 valence electrons. The van der Waals surface area contributed by atoms with E-state index in [2.05, 4.69) is 15.9 Å². The normalized spacial score (nSPS) is 10.5. The summed E-state index contributed by atoms with van der Waals surface area (Å²) in [5, 5.41) is 19.6. The lowest BCUT2D eigenvalue weighted by molar-refractivity contribution is -0.384. The summed E-state index contributed by atoms with van der Waals surface area (Å²) in [6, 6.07) is 4.75. The number of nitro groups is 1. The molecule has 0 saturated carbocycles. The molecule has 0 fully saturated rings. The molecule has 0 spiro atoms. The number of nitrogens with zero attached hydrogens (tertiary/aromatic N) is 2. The first kappa shape index (κ1) is 12.8. The van der Waals surface area contributed by atoms with Gasteiger partial charge in [0.2, 0.25) is 0 Å². The second-order valence-electron chi connectivity index (χ2n) is 3.48. The number of aromatic carboxylic acids is 1. The molecule has 0 unspecified atom stereocenters. The maximum absolute atomic E-state index is 11.0. The molecular formula is C10H7BrN2O4S. The predicted octanol–water partition coefficient (Wildman–Crippen LogP) is 2.97. The number of hydrogen-bond donors (Lipinski definition) is 1. The molecule has 2 heterocycles. The Morgan fingerprint density at radius 2 is 2.28 bits per heavy atom. The lowest BCUT2D eigenvalue weighted by Crippen LogP contribution is -2.07. The van der Waals surface area contributed by atoms with Crippen LogP contribution in [0.4, 0.5) is 5.69 Å². The molecule has 1 N–H and O–H groups in total. The van der Waals surface area contributed by atoms with Crippen LogP contribution in [0.3, 0.4) is 0 Å². The van der Waals surface area contributed by atoms with Gasteiger partial charge in [-0.2, -0.15) is 0 Å². The highest BCUT2D eigenvalue weighted by Gasteiger charge is 2.19. The van der Waals surface area contributed by atoms with E-state index >= 15 is 0 Å². The minimum Gasteiger partial charge on any atom is -0.477 e. The average molecular weight is 331 g/mol. The van der Waals surface area contributed by atoms with Gasteiger partial charge in [-0.3, -0.25) is 10.1 Å². The van der Waals surface area contributed by atoms with E-state index in [1.54, 1.807) is 0 Å². The molecule has 2 aromatic rings. The molecule has 0 radical (unpaired) electrons. The van der Waals surface area contributed by atoms with Crippen LogP contribution in [0.1, 0.15) is 15.4 Å². The van der Waals surface area contributed by atoms with Crippen molar-refractivity contribution in [1.82, 2.24) is 4.57 Å². The van der Waals surface area contributed by atoms with Gasteiger partial charge in [-0.05, 0) is 28.1 Å². The Hall–Kier alpha value is -1.67. The lowest BCUT2D eigenvalue weighted by Gasteiger charge is -2.02. The summed E-state index contributed by atoms with van der Waals surface area (Å²) in [5.41, 5.74) is -0.311. The molecule has 0 aliphatic carbocycles. The quantitative estimate of drug-likeness (QED) is 0.689. The van der Waals surface area contributed by atoms with Gasteiger partial charge in [0.1, 0.15) is 5.69 Å². The predicted molar refractivity (Wildman–Crippen MR) is 69.2 cm³/mol. The van der Waals surface area contributed by atoms with Crippen LogP contribution >= 0.6 is 27.3 Å². The van der Waals surface area contributed by atoms with E-state index < -0.39 is 10.9 Å². The Bertz CT molecular complexity index is 619. The fraction of sp³-hybridized carbons (Fsp3) is 0.100. The third kappa shape index (κ3) is 2.59. The van der Waals surface area contributed by atoms with Crippen molar-refractivity contribution in [2.45, 2.75) is 6.54 Å². The van der Waals surface area contributed by atoms with E-state index in [-0.39, 0.29) is 11.4 Å². The second-order valence-corrected chi connectivity index (χ2v) is 6.03. The van der Waals surface area contributed by atoms with Crippen molar-refractivity contribution >= 4 is 38.9 Å². The number of carboxylic acids is 1. The van der Waals surface area contributed by atoms with E-state index in [9.17, 15) is 14.9 Å². The van der Waals surface area contributed by atoms with Gasteiger partial charge in [0, 0.05) is 10.9 Å². The molecule has 6 nitrogen and oxygen atoms in total. The number of thiophene rings is 1. The zero-order valence-electron chi connectivity index (χ0n) is 8.87. The first-order chi connectivity index (χ1) is 8.47. The monoisotopic (exact) mass is 330 g/mol. The third-order valence-electron chi connectivity index (χ3n) is 2.27. The molecule has 0 aromatic carbocycles. The zero-order chi connectivity index (χ0) is 13.3. The Balaban J connectivity index is 2.36. The largest absolute Gasteiger partial charge is 0.477 e. The van der Waals surface area contributed by atoms with Crippen LogP contribution in [-0.2, 0) is 6.54 Å². The summed E-state index contributed by atoms with van der Waals surface area (Å²) in [4.78, 5) is 22.0. The van der Waals surface area contributed by atoms with Gasteiger partial charge in [-0.15, -0.1) is 11.3 Å². The van der Waals surface area contributed by atoms with Gasteiger partial charge < -0.3 is 9.67 Å². The third-order valence-corrected chi connectivity index (χ3v) is 3.88. The highest BCUT2D eigenvalue weighted by Crippen LogP contribution is 2.25. The van der Waals surface area contributed by atoms with E-state index in [1.807, 2.05) is 12.1 Å². The summed E-state index contributed by atoms with van der Waals surface area (Å²) in [7, 11) is 0. The fourth-order valence-corrected chi connectivity index (χ4v) is 2.99. The summed E-state index contributed by atoms with van der Waals surface area (Å²) in [6.07, 6.45) is 1.23. The Morgan fingerprint density at radius 3 is 2.78 bits per heavy atom. The maximum atomic E-state index is 11.0. The number of rotatable bonds is 4. The first-order valence-corrected chi connectivity index (χ1v) is 6.40. The van der Waals surface area contributed by atoms with Crippen LogP contribution in [0, 0.1) is 10.1 Å². The molecule has 2 aromatic heterocycles. The number of carboxylic acid groups (broad SMARTS) is 1. The molecule has 8 heteroatoms. The number of hydrogen-bond acceptors (Lipinski definition) is 4. The van der Waals surface area contributed by atoms with Gasteiger partial charge in [-0.1, -0.05) is 0 Å². The molecule has 0 bridgehead atoms. The Morgan fingerprint density at radius 1 is 1.56 bits per heavy atom. The molecule has 2 rings (SSSR count). The van der Waals surface area contributed by atoms with E-state index in [4.69, 9.17) is 5.11 Å². The summed E-state index contributed by atoms with van der Waals surface area (Å²) in [6.45, 7) is 0.297. The molecule has 0 aliphatic rings. The van der Waals surface area contributed by atoms with Crippen molar-refractivity contribution in [2.75, 3.05) is 0 Å². The number of halogens is 1. The summed E-state index contributed by atoms with van der Waals surface area (Å²) < 4.78 is 2.29. The van der Waals surface area contributed by atoms with Crippen molar-refractivity contribution in [3.05, 3.63) is 48.9 Å². The zero-order valence-corrected chi connectivity index (χ0v) is 11.3. The number of aromatic nitrogens is 1. The second kappa shape index (κ2) is 4.91. The van der Waals surface area contributed by atoms with Gasteiger partial charge in [0.15, 0.2) is 0 Å². The molecule has 18 heavy (non-hydrogen) atoms. The smallest absolute Gasteiger partial charge is 0.352 e. The molecule has 0 amide bonds. The lowest BCUT2D eigenvalue weighted by atomic mass is 10.4. The van der Waals surface area contributed by atoms with Crippen LogP contribution < -0.4 is 0 Å². The SMILES string of the molecule is O=C(O)c1cc([N+](=O)[O-])cn1Cc1ccc(Br)s1. The van der Waals surface area contributed by atoms with Crippen molar-refractivity contribution in [2.24, 2.45) is 0 Å². The van der Waals surface area contributed by atoms with Crippen molar-refractivity contribution in [1.29, 1.82) is 0 Å². The van der Waals surface area contributed by atoms with Crippen LogP contribution in [0.25, 0.3) is 0 Å². The van der Waals surface area contributed by atoms with E-state index in [0.717, 1.165) is 14.7 Å². The minimum atomic E-state index is -1.18. The topological polar surface area (TPSA) is 85.4 Å². The average Bonchev–Trinajstić information content (AvgIpc) is 2.85. The molecular weight excluding hydrogens is 324 g/mol. The van der Waals surface area contributed by atoms with Gasteiger partial charge in [0.25, 0.3) is 5.69 Å². The molecule has 0 aliphatic heterocycles. The van der Waals surface area contributed by atoms with Crippen molar-refractivity contribution in [3.63, 3.8) is 0 Å². The highest BCUT2D eigenvalue weighted by molar-refractivity contribution is 9.11. The van der Waals surface area contributed by atoms with Crippen LogP contribution in [-0.4, -0.2) is 20.6 Å². The standard InChI is InChI=1S/C10H7BrN2O4S/c11-9-2-1-7(18-9)5-12-4-6(13(16)17)3-8(12)10(14)15/h1-4H,5H2,(H,14,15). The van der Waals surface area contributed by atoms with Gasteiger partial charge >= 0.3 is 5.97 Å². The van der Waals surface area contributed by atoms with Crippen molar-refractivity contribution < 1.29 is 14.8 Å². The molecule has 0 saturated heterocycles. The van der Waals surface area contributed by atoms with E-state index in [0.29, 0.717) is 6.54 Å². The van der Waals surface area contributed by atoms with Crippen LogP contribution in [0.2, 0.25) is 0 Å². The fourth-order valence-electron chi connectivity index (χ4n) is 1.51. The number of carbonyl (C=O) groups is 1. The van der Waals surface area contributed by atoms with Crippen LogP contribution in [0.15, 0.2) is 28.2 Å². The first-order valence-electron chi connectivity index (χ1n) is 4.79. The minimum absolute atomic E-state index is 0.0915. The van der Waals surface area contributed by atoms with Crippen LogP contribution in [0.5, 0.6) is 0 Å². The summed E-state index contributed by atoms with van der Waals surface area (Å²) >= 11 is 4.76. The van der Waals surface area contributed by atoms with E-state index in [1.165, 1.54) is 22.1 Å². The maximum Gasteiger partial charge on any atom is 0.352 e. The molecule has 0 atom stereocenters. The summed E-state index contributed by atoms with van der Waals surface area (Å²) in [5.74, 6) is -1.18. The van der Waals surface area contributed by atoms with Gasteiger partial charge in [0.05, 0.1) is 21.5 Å². The Labute approximate surface area is 114 Å².